The minimum atomic E-state index is -1.08. The van der Waals surface area contributed by atoms with Gasteiger partial charge >= 0.3 is 12.0 Å². The molecular formula is C12H18N2O4. The van der Waals surface area contributed by atoms with Crippen LogP contribution in [0.5, 0.6) is 0 Å². The van der Waals surface area contributed by atoms with Crippen molar-refractivity contribution in [1.82, 2.24) is 9.80 Å². The number of terminal acetylenes is 1. The zero-order chi connectivity index (χ0) is 13.7. The summed E-state index contributed by atoms with van der Waals surface area (Å²) in [6, 6.07) is -0.350. The number of carboxylic acids is 1. The molecule has 6 nitrogen and oxygen atoms in total. The van der Waals surface area contributed by atoms with Crippen LogP contribution in [-0.4, -0.2) is 65.3 Å². The number of hydrogen-bond acceptors (Lipinski definition) is 3. The van der Waals surface area contributed by atoms with Gasteiger partial charge in [0.15, 0.2) is 0 Å². The van der Waals surface area contributed by atoms with Crippen molar-refractivity contribution in [2.45, 2.75) is 26.1 Å². The SMILES string of the molecule is C#CCN(CC(=O)O)C(=O)N1C[C@@H](C)O[C@@H](C)C1. The average molecular weight is 254 g/mol. The Kier molecular flexibility index (Phi) is 4.98. The maximum Gasteiger partial charge on any atom is 0.323 e. The third-order valence-corrected chi connectivity index (χ3v) is 2.57. The molecule has 1 heterocycles. The van der Waals surface area contributed by atoms with Crippen molar-refractivity contribution < 1.29 is 19.4 Å². The maximum absolute atomic E-state index is 12.2. The lowest BCUT2D eigenvalue weighted by Gasteiger charge is -2.37. The summed E-state index contributed by atoms with van der Waals surface area (Å²) in [6.45, 7) is 4.25. The molecular weight excluding hydrogens is 236 g/mol. The van der Waals surface area contributed by atoms with Crippen LogP contribution in [-0.2, 0) is 9.53 Å². The molecule has 0 saturated carbocycles. The highest BCUT2D eigenvalue weighted by Crippen LogP contribution is 2.12. The number of aliphatic carboxylic acids is 1. The van der Waals surface area contributed by atoms with Crippen LogP contribution in [0.3, 0.4) is 0 Å². The van der Waals surface area contributed by atoms with Gasteiger partial charge in [-0.2, -0.15) is 0 Å². The Hall–Kier alpha value is -1.74. The third-order valence-electron chi connectivity index (χ3n) is 2.57. The van der Waals surface area contributed by atoms with Crippen LogP contribution in [0.25, 0.3) is 0 Å². The van der Waals surface area contributed by atoms with E-state index in [1.165, 1.54) is 0 Å². The lowest BCUT2D eigenvalue weighted by Crippen LogP contribution is -2.53. The van der Waals surface area contributed by atoms with E-state index in [0.717, 1.165) is 4.90 Å². The number of nitrogens with zero attached hydrogens (tertiary/aromatic N) is 2. The second-order valence-corrected chi connectivity index (χ2v) is 4.40. The topological polar surface area (TPSA) is 70.1 Å². The van der Waals surface area contributed by atoms with Gasteiger partial charge < -0.3 is 19.6 Å². The average Bonchev–Trinajstić information content (AvgIpc) is 2.25. The van der Waals surface area contributed by atoms with Crippen molar-refractivity contribution >= 4 is 12.0 Å². The molecule has 1 rings (SSSR count). The first-order valence-electron chi connectivity index (χ1n) is 5.78. The molecule has 100 valence electrons. The number of urea groups is 1. The number of carboxylic acid groups (broad SMARTS) is 1. The number of amides is 2. The van der Waals surface area contributed by atoms with Gasteiger partial charge in [-0.3, -0.25) is 4.79 Å². The van der Waals surface area contributed by atoms with E-state index in [2.05, 4.69) is 5.92 Å². The Morgan fingerprint density at radius 2 is 2.00 bits per heavy atom. The molecule has 0 bridgehead atoms. The van der Waals surface area contributed by atoms with Gasteiger partial charge in [-0.05, 0) is 13.8 Å². The summed E-state index contributed by atoms with van der Waals surface area (Å²) in [4.78, 5) is 25.6. The second-order valence-electron chi connectivity index (χ2n) is 4.40. The van der Waals surface area contributed by atoms with Gasteiger partial charge in [0.05, 0.1) is 18.8 Å². The minimum Gasteiger partial charge on any atom is -0.480 e. The van der Waals surface area contributed by atoms with Crippen molar-refractivity contribution in [3.8, 4) is 12.3 Å². The van der Waals surface area contributed by atoms with E-state index in [4.69, 9.17) is 16.3 Å². The van der Waals surface area contributed by atoms with E-state index in [1.54, 1.807) is 4.90 Å². The largest absolute Gasteiger partial charge is 0.480 e. The zero-order valence-corrected chi connectivity index (χ0v) is 10.6. The van der Waals surface area contributed by atoms with Crippen molar-refractivity contribution in [3.05, 3.63) is 0 Å². The van der Waals surface area contributed by atoms with Crippen LogP contribution >= 0.6 is 0 Å². The number of carbonyl (C=O) groups excluding carboxylic acids is 1. The summed E-state index contributed by atoms with van der Waals surface area (Å²) in [5, 5.41) is 8.76. The summed E-state index contributed by atoms with van der Waals surface area (Å²) in [6.07, 6.45) is 5.03. The molecule has 0 aromatic carbocycles. The Labute approximate surface area is 106 Å². The molecule has 1 saturated heterocycles. The Morgan fingerprint density at radius 1 is 1.44 bits per heavy atom. The highest BCUT2D eigenvalue weighted by molar-refractivity contribution is 5.80. The highest BCUT2D eigenvalue weighted by atomic mass is 16.5. The zero-order valence-electron chi connectivity index (χ0n) is 10.6. The summed E-state index contributed by atoms with van der Waals surface area (Å²) in [7, 11) is 0. The Balaban J connectivity index is 2.69. The Bertz CT molecular complexity index is 354. The van der Waals surface area contributed by atoms with Gasteiger partial charge in [0, 0.05) is 13.1 Å². The maximum atomic E-state index is 12.2. The predicted molar refractivity (Wildman–Crippen MR) is 65.0 cm³/mol. The number of rotatable bonds is 3. The lowest BCUT2D eigenvalue weighted by atomic mass is 10.2. The number of morpholine rings is 1. The summed E-state index contributed by atoms with van der Waals surface area (Å²) in [5.41, 5.74) is 0. The van der Waals surface area contributed by atoms with E-state index in [1.807, 2.05) is 13.8 Å². The molecule has 0 aromatic rings. The summed E-state index contributed by atoms with van der Waals surface area (Å²) >= 11 is 0. The normalized spacial score (nSPS) is 23.3. The lowest BCUT2D eigenvalue weighted by molar-refractivity contribution is -0.137. The predicted octanol–water partition coefficient (Wildman–Crippen LogP) is 0.235. The molecule has 1 aliphatic rings. The van der Waals surface area contributed by atoms with E-state index < -0.39 is 5.97 Å². The fourth-order valence-electron chi connectivity index (χ4n) is 2.00. The van der Waals surface area contributed by atoms with Crippen molar-refractivity contribution in [1.29, 1.82) is 0 Å². The van der Waals surface area contributed by atoms with Crippen molar-refractivity contribution in [3.63, 3.8) is 0 Å². The summed E-state index contributed by atoms with van der Waals surface area (Å²) < 4.78 is 5.52. The van der Waals surface area contributed by atoms with Gasteiger partial charge in [-0.25, -0.2) is 4.79 Å². The molecule has 2 amide bonds. The summed E-state index contributed by atoms with van der Waals surface area (Å²) in [5.74, 6) is 1.22. The third kappa shape index (κ3) is 3.93. The smallest absolute Gasteiger partial charge is 0.323 e. The monoisotopic (exact) mass is 254 g/mol. The number of ether oxygens (including phenoxy) is 1. The first kappa shape index (κ1) is 14.3. The fraction of sp³-hybridized carbons (Fsp3) is 0.667. The number of carbonyl (C=O) groups is 2. The van der Waals surface area contributed by atoms with E-state index in [9.17, 15) is 9.59 Å². The highest BCUT2D eigenvalue weighted by Gasteiger charge is 2.29. The molecule has 0 unspecified atom stereocenters. The van der Waals surface area contributed by atoms with Gasteiger partial charge in [-0.15, -0.1) is 6.42 Å². The quantitative estimate of drug-likeness (QED) is 0.732. The van der Waals surface area contributed by atoms with Gasteiger partial charge in [-0.1, -0.05) is 5.92 Å². The van der Waals surface area contributed by atoms with Crippen molar-refractivity contribution in [2.24, 2.45) is 0 Å². The molecule has 0 radical (unpaired) electrons. The van der Waals surface area contributed by atoms with E-state index in [0.29, 0.717) is 13.1 Å². The van der Waals surface area contributed by atoms with Gasteiger partial charge in [0.2, 0.25) is 0 Å². The fourth-order valence-corrected chi connectivity index (χ4v) is 2.00. The molecule has 1 aliphatic heterocycles. The molecule has 2 atom stereocenters. The van der Waals surface area contributed by atoms with Crippen LogP contribution in [0.15, 0.2) is 0 Å². The molecule has 18 heavy (non-hydrogen) atoms. The molecule has 0 aliphatic carbocycles. The minimum absolute atomic E-state index is 0.00868. The van der Waals surface area contributed by atoms with E-state index in [-0.39, 0.29) is 31.3 Å². The second kappa shape index (κ2) is 6.26. The number of hydrogen-bond donors (Lipinski definition) is 1. The van der Waals surface area contributed by atoms with Crippen LogP contribution in [0.4, 0.5) is 4.79 Å². The van der Waals surface area contributed by atoms with Crippen LogP contribution in [0.2, 0.25) is 0 Å². The van der Waals surface area contributed by atoms with Gasteiger partial charge in [0.1, 0.15) is 6.54 Å². The standard InChI is InChI=1S/C12H18N2O4/c1-4-5-13(8-11(15)16)12(17)14-6-9(2)18-10(3)7-14/h1,9-10H,5-8H2,2-3H3,(H,15,16)/t9-,10+. The van der Waals surface area contributed by atoms with E-state index >= 15 is 0 Å². The molecule has 1 N–H and O–H groups in total. The van der Waals surface area contributed by atoms with Crippen LogP contribution in [0, 0.1) is 12.3 Å². The van der Waals surface area contributed by atoms with Crippen LogP contribution < -0.4 is 0 Å². The van der Waals surface area contributed by atoms with Crippen molar-refractivity contribution in [2.75, 3.05) is 26.2 Å². The van der Waals surface area contributed by atoms with Crippen LogP contribution in [0.1, 0.15) is 13.8 Å². The first-order chi connectivity index (χ1) is 8.43. The molecule has 6 heteroatoms. The molecule has 1 fully saturated rings. The Morgan fingerprint density at radius 3 is 2.44 bits per heavy atom. The first-order valence-corrected chi connectivity index (χ1v) is 5.78. The molecule has 0 aromatic heterocycles. The van der Waals surface area contributed by atoms with Gasteiger partial charge in [0.25, 0.3) is 0 Å². The molecule has 0 spiro atoms.